The molecule has 0 saturated carbocycles. The molecule has 3 rings (SSSR count). The van der Waals surface area contributed by atoms with Crippen molar-refractivity contribution in [1.29, 1.82) is 0 Å². The second kappa shape index (κ2) is 10.1. The monoisotopic (exact) mass is 542 g/mol. The molecule has 1 aliphatic rings. The van der Waals surface area contributed by atoms with Crippen molar-refractivity contribution in [1.82, 2.24) is 9.55 Å². The average Bonchev–Trinajstić information content (AvgIpc) is 3.08. The minimum atomic E-state index is -5.59. The molecule has 15 nitrogen and oxygen atoms in total. The Balaban J connectivity index is 1.80. The lowest BCUT2D eigenvalue weighted by molar-refractivity contribution is -0.0419. The van der Waals surface area contributed by atoms with Gasteiger partial charge in [0.2, 0.25) is 0 Å². The number of phosphoric acid groups is 2. The number of hydrogen-bond donors (Lipinski definition) is 5. The van der Waals surface area contributed by atoms with Crippen LogP contribution in [-0.4, -0.2) is 48.2 Å². The van der Waals surface area contributed by atoms with Crippen LogP contribution in [0.4, 0.5) is 0 Å². The second-order valence-electron chi connectivity index (χ2n) is 7.16. The predicted molar refractivity (Wildman–Crippen MR) is 114 cm³/mol. The zero-order valence-electron chi connectivity index (χ0n) is 17.4. The van der Waals surface area contributed by atoms with Gasteiger partial charge in [0.25, 0.3) is 5.56 Å². The van der Waals surface area contributed by atoms with Crippen LogP contribution in [0.1, 0.15) is 18.2 Å². The molecule has 0 aliphatic carbocycles. The molecular formula is C16H21N2O13P3. The summed E-state index contributed by atoms with van der Waals surface area (Å²) in [4.78, 5) is 53.0. The van der Waals surface area contributed by atoms with E-state index in [1.54, 1.807) is 0 Å². The first kappa shape index (κ1) is 26.9. The van der Waals surface area contributed by atoms with E-state index in [0.29, 0.717) is 0 Å². The van der Waals surface area contributed by atoms with Crippen LogP contribution in [0.5, 0.6) is 0 Å². The molecule has 5 N–H and O–H groups in total. The molecule has 0 amide bonds. The topological polar surface area (TPSA) is 224 Å². The third-order valence-electron chi connectivity index (χ3n) is 4.56. The maximum Gasteiger partial charge on any atom is 0.488 e. The largest absolute Gasteiger partial charge is 0.488 e. The Labute approximate surface area is 191 Å². The van der Waals surface area contributed by atoms with Crippen LogP contribution in [0.3, 0.4) is 0 Å². The van der Waals surface area contributed by atoms with Gasteiger partial charge in [0.15, 0.2) is 0 Å². The van der Waals surface area contributed by atoms with Gasteiger partial charge in [-0.15, -0.1) is 0 Å². The Morgan fingerprint density at radius 2 is 1.76 bits per heavy atom. The number of aliphatic hydroxyl groups excluding tert-OH is 1. The molecule has 1 unspecified atom stereocenters. The van der Waals surface area contributed by atoms with Gasteiger partial charge in [-0.3, -0.25) is 18.9 Å². The number of aromatic nitrogens is 2. The summed E-state index contributed by atoms with van der Waals surface area (Å²) in [6, 6.07) is 6.72. The number of rotatable bonds is 9. The van der Waals surface area contributed by atoms with Crippen molar-refractivity contribution in [2.45, 2.75) is 31.8 Å². The van der Waals surface area contributed by atoms with Crippen LogP contribution >= 0.6 is 23.2 Å². The highest BCUT2D eigenvalue weighted by atomic mass is 31.3. The summed E-state index contributed by atoms with van der Waals surface area (Å²) >= 11 is 0. The number of hydrogen-bond acceptors (Lipinski definition) is 10. The van der Waals surface area contributed by atoms with Gasteiger partial charge in [-0.05, 0) is 19.1 Å². The summed E-state index contributed by atoms with van der Waals surface area (Å²) in [7, 11) is -15.9. The minimum Gasteiger partial charge on any atom is -0.390 e. The van der Waals surface area contributed by atoms with Crippen molar-refractivity contribution >= 4 is 28.5 Å². The SMILES string of the molecule is Cc1cn([C@H]2C[C@H](O)[C@@H](CO[P@@](=O)(OP(=O)(O)OP(=O)(O)O)c3ccccc3)O2)c(=O)[nH]c1=O. The molecule has 1 aromatic heterocycles. The first-order valence-corrected chi connectivity index (χ1v) is 14.0. The standard InChI is InChI=1S/C16H21N2O13P3/c1-10-8-18(16(21)17-15(10)20)14-7-12(19)13(29-14)9-28-32(22,11-5-3-2-4-6-11)30-34(26,27)31-33(23,24)25/h2-6,8,12-14,19H,7,9H2,1H3,(H,26,27)(H,17,20,21)(H2,23,24,25)/t12-,13+,14+,32+/m0/s1. The highest BCUT2D eigenvalue weighted by molar-refractivity contribution is 7.72. The zero-order chi connectivity index (χ0) is 25.3. The average molecular weight is 542 g/mol. The maximum absolute atomic E-state index is 13.3. The number of aromatic amines is 1. The summed E-state index contributed by atoms with van der Waals surface area (Å²) in [5.41, 5.74) is -1.17. The Bertz CT molecular complexity index is 1290. The predicted octanol–water partition coefficient (Wildman–Crippen LogP) is 0.255. The highest BCUT2D eigenvalue weighted by Gasteiger charge is 2.44. The molecule has 18 heteroatoms. The fraction of sp³-hybridized carbons (Fsp3) is 0.375. The number of aliphatic hydroxyl groups is 1. The first-order valence-electron chi connectivity index (χ1n) is 9.46. The van der Waals surface area contributed by atoms with E-state index < -0.39 is 59.5 Å². The third-order valence-corrected chi connectivity index (χ3v) is 9.34. The molecule has 0 spiro atoms. The smallest absolute Gasteiger partial charge is 0.390 e. The quantitative estimate of drug-likeness (QED) is 0.268. The molecule has 5 atom stereocenters. The number of nitrogens with one attached hydrogen (secondary N) is 1. The van der Waals surface area contributed by atoms with Crippen molar-refractivity contribution in [3.8, 4) is 0 Å². The fourth-order valence-electron chi connectivity index (χ4n) is 3.05. The van der Waals surface area contributed by atoms with E-state index in [2.05, 4.69) is 13.6 Å². The third kappa shape index (κ3) is 6.69. The summed E-state index contributed by atoms with van der Waals surface area (Å²) in [5, 5.41) is 10.1. The van der Waals surface area contributed by atoms with Crippen molar-refractivity contribution < 1.29 is 51.4 Å². The van der Waals surface area contributed by atoms with E-state index in [1.807, 2.05) is 0 Å². The lowest BCUT2D eigenvalue weighted by atomic mass is 10.2. The van der Waals surface area contributed by atoms with E-state index in [-0.39, 0.29) is 17.3 Å². The number of H-pyrrole nitrogens is 1. The van der Waals surface area contributed by atoms with Crippen LogP contribution in [0.25, 0.3) is 0 Å². The first-order chi connectivity index (χ1) is 15.7. The van der Waals surface area contributed by atoms with E-state index in [1.165, 1.54) is 43.5 Å². The molecule has 0 bridgehead atoms. The van der Waals surface area contributed by atoms with Crippen LogP contribution in [0, 0.1) is 6.92 Å². The maximum atomic E-state index is 13.3. The van der Waals surface area contributed by atoms with Gasteiger partial charge >= 0.3 is 28.9 Å². The van der Waals surface area contributed by atoms with Gasteiger partial charge in [0, 0.05) is 18.2 Å². The summed E-state index contributed by atoms with van der Waals surface area (Å²) in [6.07, 6.45) is -2.35. The van der Waals surface area contributed by atoms with Crippen LogP contribution in [0.15, 0.2) is 46.1 Å². The molecule has 188 valence electrons. The highest BCUT2D eigenvalue weighted by Crippen LogP contribution is 2.67. The van der Waals surface area contributed by atoms with Gasteiger partial charge in [-0.1, -0.05) is 18.2 Å². The Hall–Kier alpha value is -1.73. The van der Waals surface area contributed by atoms with Crippen molar-refractivity contribution in [3.63, 3.8) is 0 Å². The van der Waals surface area contributed by atoms with Crippen LogP contribution < -0.4 is 16.6 Å². The van der Waals surface area contributed by atoms with Crippen molar-refractivity contribution in [3.05, 3.63) is 62.9 Å². The van der Waals surface area contributed by atoms with Crippen molar-refractivity contribution in [2.24, 2.45) is 0 Å². The fourth-order valence-corrected chi connectivity index (χ4v) is 7.19. The van der Waals surface area contributed by atoms with E-state index in [9.17, 15) is 33.3 Å². The summed E-state index contributed by atoms with van der Waals surface area (Å²) in [5.74, 6) is 0. The van der Waals surface area contributed by atoms with Gasteiger partial charge in [0.1, 0.15) is 12.3 Å². The molecule has 1 aromatic carbocycles. The molecule has 1 fully saturated rings. The van der Waals surface area contributed by atoms with Gasteiger partial charge in [0.05, 0.1) is 18.0 Å². The molecular weight excluding hydrogens is 521 g/mol. The van der Waals surface area contributed by atoms with Gasteiger partial charge < -0.3 is 29.0 Å². The lowest BCUT2D eigenvalue weighted by Gasteiger charge is -2.23. The molecule has 2 heterocycles. The molecule has 1 aliphatic heterocycles. The molecule has 0 radical (unpaired) electrons. The Morgan fingerprint density at radius 3 is 2.38 bits per heavy atom. The zero-order valence-corrected chi connectivity index (χ0v) is 20.0. The summed E-state index contributed by atoms with van der Waals surface area (Å²) < 4.78 is 56.4. The van der Waals surface area contributed by atoms with Gasteiger partial charge in [-0.25, -0.2) is 18.2 Å². The second-order valence-corrected chi connectivity index (χ2v) is 12.2. The van der Waals surface area contributed by atoms with Gasteiger partial charge in [-0.2, -0.15) is 4.31 Å². The van der Waals surface area contributed by atoms with E-state index >= 15 is 0 Å². The van der Waals surface area contributed by atoms with E-state index in [4.69, 9.17) is 19.0 Å². The number of ether oxygens (including phenoxy) is 1. The summed E-state index contributed by atoms with van der Waals surface area (Å²) in [6.45, 7) is 0.776. The number of aryl methyl sites for hydroxylation is 1. The van der Waals surface area contributed by atoms with E-state index in [0.717, 1.165) is 4.57 Å². The minimum absolute atomic E-state index is 0.115. The number of nitrogens with zero attached hydrogens (tertiary/aromatic N) is 1. The van der Waals surface area contributed by atoms with Crippen LogP contribution in [-0.2, 0) is 31.6 Å². The lowest BCUT2D eigenvalue weighted by Crippen LogP contribution is -2.33. The van der Waals surface area contributed by atoms with Crippen LogP contribution in [0.2, 0.25) is 0 Å². The number of benzene rings is 1. The Morgan fingerprint density at radius 1 is 1.12 bits per heavy atom. The molecule has 2 aromatic rings. The normalized spacial score (nSPS) is 24.4. The Kier molecular flexibility index (Phi) is 7.98. The molecule has 1 saturated heterocycles. The molecule has 34 heavy (non-hydrogen) atoms. The van der Waals surface area contributed by atoms with Crippen molar-refractivity contribution in [2.75, 3.05) is 6.61 Å².